The lowest BCUT2D eigenvalue weighted by Crippen LogP contribution is -2.22. The monoisotopic (exact) mass is 433 g/mol. The van der Waals surface area contributed by atoms with E-state index in [9.17, 15) is 4.79 Å². The third-order valence-corrected chi connectivity index (χ3v) is 6.57. The highest BCUT2D eigenvalue weighted by atomic mass is 79.9. The Bertz CT molecular complexity index is 865. The van der Waals surface area contributed by atoms with Gasteiger partial charge in [0, 0.05) is 15.9 Å². The molecule has 4 nitrogen and oxygen atoms in total. The first-order valence-corrected chi connectivity index (χ1v) is 10.2. The van der Waals surface area contributed by atoms with E-state index < -0.39 is 0 Å². The maximum absolute atomic E-state index is 12.2. The third-order valence-electron chi connectivity index (χ3n) is 3.42. The molecular weight excluding hydrogens is 418 g/mol. The number of hydrogen-bond acceptors (Lipinski definition) is 5. The van der Waals surface area contributed by atoms with Gasteiger partial charge in [-0.05, 0) is 40.5 Å². The second-order valence-corrected chi connectivity index (χ2v) is 8.32. The Morgan fingerprint density at radius 3 is 2.68 bits per heavy atom. The normalized spacial score (nSPS) is 10.6. The van der Waals surface area contributed by atoms with E-state index in [1.165, 1.54) is 16.9 Å². The Hall–Kier alpha value is -1.70. The molecule has 7 heteroatoms. The van der Waals surface area contributed by atoms with Crippen molar-refractivity contribution in [3.05, 3.63) is 74.1 Å². The molecule has 0 saturated heterocycles. The molecule has 2 aromatic carbocycles. The molecule has 0 bridgehead atoms. The average molecular weight is 434 g/mol. The Kier molecular flexibility index (Phi) is 6.23. The molecule has 0 aliphatic rings. The molecule has 128 valence electrons. The summed E-state index contributed by atoms with van der Waals surface area (Å²) in [5.74, 6) is 0.501. The SMILES string of the molecule is Cc1ccc(CNC(=O)c2nnc(CSc3ccccc3Br)s2)cc1. The Morgan fingerprint density at radius 1 is 1.16 bits per heavy atom. The molecule has 0 unspecified atom stereocenters. The second-order valence-electron chi connectivity index (χ2n) is 5.39. The topological polar surface area (TPSA) is 54.9 Å². The standard InChI is InChI=1S/C18H16BrN3OS2/c1-12-6-8-13(9-7-12)10-20-17(23)18-22-21-16(25-18)11-24-15-5-3-2-4-14(15)19/h2-9H,10-11H2,1H3,(H,20,23). The van der Waals surface area contributed by atoms with E-state index in [2.05, 4.69) is 31.4 Å². The molecule has 0 radical (unpaired) electrons. The van der Waals surface area contributed by atoms with E-state index in [-0.39, 0.29) is 5.91 Å². The minimum absolute atomic E-state index is 0.185. The number of thioether (sulfide) groups is 1. The van der Waals surface area contributed by atoms with Crippen LogP contribution in [0.4, 0.5) is 0 Å². The summed E-state index contributed by atoms with van der Waals surface area (Å²) in [5, 5.41) is 12.2. The molecule has 0 spiro atoms. The van der Waals surface area contributed by atoms with Gasteiger partial charge in [0.2, 0.25) is 5.01 Å². The highest BCUT2D eigenvalue weighted by Crippen LogP contribution is 2.30. The van der Waals surface area contributed by atoms with E-state index in [4.69, 9.17) is 0 Å². The first-order valence-electron chi connectivity index (χ1n) is 7.65. The van der Waals surface area contributed by atoms with Gasteiger partial charge in [0.25, 0.3) is 5.91 Å². The van der Waals surface area contributed by atoms with Crippen LogP contribution in [0.25, 0.3) is 0 Å². The first-order chi connectivity index (χ1) is 12.1. The van der Waals surface area contributed by atoms with Crippen LogP contribution in [-0.2, 0) is 12.3 Å². The van der Waals surface area contributed by atoms with Crippen molar-refractivity contribution in [2.75, 3.05) is 0 Å². The lowest BCUT2D eigenvalue weighted by molar-refractivity contribution is 0.0950. The van der Waals surface area contributed by atoms with Crippen molar-refractivity contribution in [2.45, 2.75) is 24.1 Å². The van der Waals surface area contributed by atoms with Gasteiger partial charge < -0.3 is 5.32 Å². The number of nitrogens with one attached hydrogen (secondary N) is 1. The Labute approximate surface area is 163 Å². The van der Waals surface area contributed by atoms with Crippen LogP contribution < -0.4 is 5.32 Å². The fourth-order valence-corrected chi connectivity index (χ4v) is 4.38. The number of halogens is 1. The van der Waals surface area contributed by atoms with Gasteiger partial charge in [0.05, 0.1) is 5.75 Å². The molecule has 0 aliphatic heterocycles. The van der Waals surface area contributed by atoms with Crippen LogP contribution in [0.2, 0.25) is 0 Å². The molecular formula is C18H16BrN3OS2. The summed E-state index contributed by atoms with van der Waals surface area (Å²) in [4.78, 5) is 13.4. The third kappa shape index (κ3) is 5.14. The highest BCUT2D eigenvalue weighted by Gasteiger charge is 2.13. The lowest BCUT2D eigenvalue weighted by Gasteiger charge is -2.03. The maximum Gasteiger partial charge on any atom is 0.282 e. The molecule has 3 aromatic rings. The Morgan fingerprint density at radius 2 is 1.92 bits per heavy atom. The number of amides is 1. The van der Waals surface area contributed by atoms with E-state index in [0.29, 0.717) is 17.3 Å². The molecule has 3 rings (SSSR count). The van der Waals surface area contributed by atoms with E-state index in [0.717, 1.165) is 19.9 Å². The lowest BCUT2D eigenvalue weighted by atomic mass is 10.1. The summed E-state index contributed by atoms with van der Waals surface area (Å²) in [5.41, 5.74) is 2.26. The van der Waals surface area contributed by atoms with Crippen molar-refractivity contribution in [3.8, 4) is 0 Å². The largest absolute Gasteiger partial charge is 0.346 e. The van der Waals surface area contributed by atoms with Gasteiger partial charge in [0.15, 0.2) is 0 Å². The van der Waals surface area contributed by atoms with E-state index in [1.807, 2.05) is 55.5 Å². The van der Waals surface area contributed by atoms with Crippen molar-refractivity contribution < 1.29 is 4.79 Å². The smallest absolute Gasteiger partial charge is 0.282 e. The number of hydrogen-bond donors (Lipinski definition) is 1. The average Bonchev–Trinajstić information content (AvgIpc) is 3.09. The predicted octanol–water partition coefficient (Wildman–Crippen LogP) is 4.83. The zero-order valence-corrected chi connectivity index (χ0v) is 16.7. The molecule has 1 heterocycles. The minimum atomic E-state index is -0.185. The van der Waals surface area contributed by atoms with Crippen LogP contribution in [0.15, 0.2) is 57.9 Å². The van der Waals surface area contributed by atoms with E-state index in [1.54, 1.807) is 11.8 Å². The van der Waals surface area contributed by atoms with Crippen molar-refractivity contribution >= 4 is 44.9 Å². The molecule has 0 saturated carbocycles. The van der Waals surface area contributed by atoms with Crippen molar-refractivity contribution in [3.63, 3.8) is 0 Å². The molecule has 1 aromatic heterocycles. The van der Waals surface area contributed by atoms with Crippen molar-refractivity contribution in [2.24, 2.45) is 0 Å². The number of rotatable bonds is 6. The first kappa shape index (κ1) is 18.1. The van der Waals surface area contributed by atoms with Gasteiger partial charge in [-0.25, -0.2) is 0 Å². The molecule has 1 N–H and O–H groups in total. The molecule has 0 aliphatic carbocycles. The molecule has 25 heavy (non-hydrogen) atoms. The highest BCUT2D eigenvalue weighted by molar-refractivity contribution is 9.10. The summed E-state index contributed by atoms with van der Waals surface area (Å²) < 4.78 is 1.06. The number of benzene rings is 2. The number of carbonyl (C=O) groups excluding carboxylic acids is 1. The molecule has 0 atom stereocenters. The molecule has 0 fully saturated rings. The predicted molar refractivity (Wildman–Crippen MR) is 106 cm³/mol. The van der Waals surface area contributed by atoms with Gasteiger partial charge >= 0.3 is 0 Å². The van der Waals surface area contributed by atoms with Crippen LogP contribution in [0, 0.1) is 6.92 Å². The summed E-state index contributed by atoms with van der Waals surface area (Å²) in [6.07, 6.45) is 0. The second kappa shape index (κ2) is 8.60. The van der Waals surface area contributed by atoms with Crippen LogP contribution in [0.3, 0.4) is 0 Å². The van der Waals surface area contributed by atoms with Gasteiger partial charge in [-0.15, -0.1) is 22.0 Å². The van der Waals surface area contributed by atoms with Crippen LogP contribution in [0.5, 0.6) is 0 Å². The number of aromatic nitrogens is 2. The zero-order chi connectivity index (χ0) is 17.6. The summed E-state index contributed by atoms with van der Waals surface area (Å²) in [6.45, 7) is 2.52. The van der Waals surface area contributed by atoms with E-state index >= 15 is 0 Å². The number of nitrogens with zero attached hydrogens (tertiary/aromatic N) is 2. The molecule has 1 amide bonds. The number of carbonyl (C=O) groups is 1. The van der Waals surface area contributed by atoms with Crippen molar-refractivity contribution in [1.82, 2.24) is 15.5 Å². The fourth-order valence-electron chi connectivity index (χ4n) is 2.07. The van der Waals surface area contributed by atoms with Gasteiger partial charge in [0.1, 0.15) is 5.01 Å². The summed E-state index contributed by atoms with van der Waals surface area (Å²) >= 11 is 6.53. The summed E-state index contributed by atoms with van der Waals surface area (Å²) in [6, 6.07) is 16.1. The number of aryl methyl sites for hydroxylation is 1. The van der Waals surface area contributed by atoms with Gasteiger partial charge in [-0.2, -0.15) is 0 Å². The van der Waals surface area contributed by atoms with Gasteiger partial charge in [-0.1, -0.05) is 53.3 Å². The minimum Gasteiger partial charge on any atom is -0.346 e. The summed E-state index contributed by atoms with van der Waals surface area (Å²) in [7, 11) is 0. The van der Waals surface area contributed by atoms with Crippen LogP contribution in [-0.4, -0.2) is 16.1 Å². The van der Waals surface area contributed by atoms with Crippen molar-refractivity contribution in [1.29, 1.82) is 0 Å². The fraction of sp³-hybridized carbons (Fsp3) is 0.167. The maximum atomic E-state index is 12.2. The van der Waals surface area contributed by atoms with Crippen LogP contribution in [0.1, 0.15) is 25.9 Å². The zero-order valence-electron chi connectivity index (χ0n) is 13.5. The quantitative estimate of drug-likeness (QED) is 0.565. The van der Waals surface area contributed by atoms with Crippen LogP contribution >= 0.6 is 39.0 Å². The Balaban J connectivity index is 1.54. The van der Waals surface area contributed by atoms with Gasteiger partial charge in [-0.3, -0.25) is 4.79 Å².